The van der Waals surface area contributed by atoms with Crippen LogP contribution in [-0.4, -0.2) is 22.9 Å². The molecule has 0 saturated carbocycles. The zero-order valence-electron chi connectivity index (χ0n) is 9.95. The van der Waals surface area contributed by atoms with E-state index in [2.05, 4.69) is 4.98 Å². The number of hydrogen-bond acceptors (Lipinski definition) is 6. The number of rotatable bonds is 2. The van der Waals surface area contributed by atoms with Crippen LogP contribution in [0.15, 0.2) is 24.4 Å². The topological polar surface area (TPSA) is 68.7 Å². The number of hydrogen-bond donors (Lipinski definition) is 1. The number of fused-ring (bicyclic) bond motifs is 2. The SMILES string of the molecule is O=C(O)c1sc2ncccc2c1-c1cc2c(s1)OCO2. The van der Waals surface area contributed by atoms with Gasteiger partial charge in [0.05, 0.1) is 0 Å². The van der Waals surface area contributed by atoms with Crippen molar-refractivity contribution in [1.82, 2.24) is 4.98 Å². The Labute approximate surface area is 121 Å². The molecule has 0 aliphatic carbocycles. The maximum Gasteiger partial charge on any atom is 0.346 e. The van der Waals surface area contributed by atoms with E-state index in [0.717, 1.165) is 15.1 Å². The second-order valence-electron chi connectivity index (χ2n) is 4.14. The molecule has 3 aromatic heterocycles. The molecule has 1 aliphatic heterocycles. The number of thiophene rings is 2. The number of aromatic nitrogens is 1. The fraction of sp³-hybridized carbons (Fsp3) is 0.0769. The average Bonchev–Trinajstić information content (AvgIpc) is 3.09. The third-order valence-corrected chi connectivity index (χ3v) is 5.13. The van der Waals surface area contributed by atoms with E-state index in [9.17, 15) is 9.90 Å². The lowest BCUT2D eigenvalue weighted by Crippen LogP contribution is -1.95. The van der Waals surface area contributed by atoms with Crippen molar-refractivity contribution in [2.24, 2.45) is 0 Å². The Bertz CT molecular complexity index is 815. The molecule has 20 heavy (non-hydrogen) atoms. The number of aromatic carboxylic acids is 1. The molecule has 0 fully saturated rings. The van der Waals surface area contributed by atoms with Crippen LogP contribution in [0.25, 0.3) is 20.7 Å². The van der Waals surface area contributed by atoms with Crippen molar-refractivity contribution in [3.8, 4) is 21.3 Å². The Morgan fingerprint density at radius 2 is 2.25 bits per heavy atom. The van der Waals surface area contributed by atoms with E-state index in [1.807, 2.05) is 12.1 Å². The Kier molecular flexibility index (Phi) is 2.45. The van der Waals surface area contributed by atoms with Crippen LogP contribution in [0, 0.1) is 0 Å². The molecule has 0 radical (unpaired) electrons. The molecule has 3 aromatic rings. The first-order valence-corrected chi connectivity index (χ1v) is 7.38. The molecule has 0 aromatic carbocycles. The predicted octanol–water partition coefficient (Wildman–Crippen LogP) is 3.45. The van der Waals surface area contributed by atoms with Gasteiger partial charge >= 0.3 is 5.97 Å². The van der Waals surface area contributed by atoms with E-state index >= 15 is 0 Å². The molecule has 0 bridgehead atoms. The van der Waals surface area contributed by atoms with Gasteiger partial charge in [-0.05, 0) is 12.1 Å². The van der Waals surface area contributed by atoms with Gasteiger partial charge in [0.25, 0.3) is 0 Å². The average molecular weight is 305 g/mol. The van der Waals surface area contributed by atoms with Crippen molar-refractivity contribution >= 4 is 38.9 Å². The van der Waals surface area contributed by atoms with Crippen molar-refractivity contribution in [3.05, 3.63) is 29.3 Å². The number of ether oxygens (including phenoxy) is 2. The highest BCUT2D eigenvalue weighted by Gasteiger charge is 2.25. The molecule has 100 valence electrons. The number of carboxylic acids is 1. The highest BCUT2D eigenvalue weighted by atomic mass is 32.1. The third kappa shape index (κ3) is 1.60. The maximum absolute atomic E-state index is 11.5. The predicted molar refractivity (Wildman–Crippen MR) is 76.0 cm³/mol. The summed E-state index contributed by atoms with van der Waals surface area (Å²) in [5.74, 6) is -0.275. The molecule has 7 heteroatoms. The fourth-order valence-corrected chi connectivity index (χ4v) is 4.22. The van der Waals surface area contributed by atoms with Crippen molar-refractivity contribution in [2.75, 3.05) is 6.79 Å². The first-order valence-electron chi connectivity index (χ1n) is 5.74. The number of nitrogens with zero attached hydrogens (tertiary/aromatic N) is 1. The summed E-state index contributed by atoms with van der Waals surface area (Å²) in [7, 11) is 0. The van der Waals surface area contributed by atoms with Crippen LogP contribution in [0.5, 0.6) is 10.8 Å². The summed E-state index contributed by atoms with van der Waals surface area (Å²) in [5, 5.41) is 10.9. The molecule has 4 rings (SSSR count). The minimum Gasteiger partial charge on any atom is -0.477 e. The lowest BCUT2D eigenvalue weighted by Gasteiger charge is -1.98. The number of pyridine rings is 1. The summed E-state index contributed by atoms with van der Waals surface area (Å²) < 4.78 is 10.6. The molecule has 5 nitrogen and oxygen atoms in total. The maximum atomic E-state index is 11.5. The van der Waals surface area contributed by atoms with Gasteiger partial charge in [0.15, 0.2) is 5.75 Å². The molecule has 1 aliphatic rings. The van der Waals surface area contributed by atoms with E-state index in [4.69, 9.17) is 9.47 Å². The Hall–Kier alpha value is -2.12. The number of carboxylic acid groups (broad SMARTS) is 1. The molecule has 1 N–H and O–H groups in total. The van der Waals surface area contributed by atoms with Gasteiger partial charge in [0.1, 0.15) is 9.71 Å². The lowest BCUT2D eigenvalue weighted by molar-refractivity contribution is 0.0703. The van der Waals surface area contributed by atoms with Crippen LogP contribution in [0.4, 0.5) is 0 Å². The fourth-order valence-electron chi connectivity index (χ4n) is 2.16. The van der Waals surface area contributed by atoms with Gasteiger partial charge in [0.2, 0.25) is 11.9 Å². The van der Waals surface area contributed by atoms with Gasteiger partial charge in [-0.2, -0.15) is 0 Å². The van der Waals surface area contributed by atoms with Gasteiger partial charge in [-0.15, -0.1) is 11.3 Å². The van der Waals surface area contributed by atoms with Crippen molar-refractivity contribution in [3.63, 3.8) is 0 Å². The molecular weight excluding hydrogens is 298 g/mol. The third-order valence-electron chi connectivity index (χ3n) is 2.98. The lowest BCUT2D eigenvalue weighted by atomic mass is 10.1. The molecule has 0 atom stereocenters. The Morgan fingerprint density at radius 3 is 3.05 bits per heavy atom. The molecule has 0 amide bonds. The van der Waals surface area contributed by atoms with Crippen molar-refractivity contribution in [2.45, 2.75) is 0 Å². The normalized spacial score (nSPS) is 13.0. The van der Waals surface area contributed by atoms with E-state index in [0.29, 0.717) is 21.3 Å². The van der Waals surface area contributed by atoms with E-state index < -0.39 is 5.97 Å². The molecule has 0 unspecified atom stereocenters. The van der Waals surface area contributed by atoms with Crippen LogP contribution in [-0.2, 0) is 0 Å². The van der Waals surface area contributed by atoms with Crippen LogP contribution in [0.1, 0.15) is 9.67 Å². The summed E-state index contributed by atoms with van der Waals surface area (Å²) in [4.78, 5) is 17.5. The van der Waals surface area contributed by atoms with Crippen LogP contribution < -0.4 is 9.47 Å². The first kappa shape index (κ1) is 11.7. The van der Waals surface area contributed by atoms with Crippen LogP contribution in [0.2, 0.25) is 0 Å². The van der Waals surface area contributed by atoms with Crippen molar-refractivity contribution in [1.29, 1.82) is 0 Å². The van der Waals surface area contributed by atoms with E-state index in [1.54, 1.807) is 12.3 Å². The van der Waals surface area contributed by atoms with Crippen molar-refractivity contribution < 1.29 is 19.4 Å². The minimum atomic E-state index is -0.946. The zero-order chi connectivity index (χ0) is 13.7. The summed E-state index contributed by atoms with van der Waals surface area (Å²) >= 11 is 2.58. The summed E-state index contributed by atoms with van der Waals surface area (Å²) in [6.45, 7) is 0.221. The second-order valence-corrected chi connectivity index (χ2v) is 6.15. The minimum absolute atomic E-state index is 0.221. The smallest absolute Gasteiger partial charge is 0.346 e. The molecule has 0 spiro atoms. The zero-order valence-corrected chi connectivity index (χ0v) is 11.6. The highest BCUT2D eigenvalue weighted by Crippen LogP contribution is 2.48. The molecule has 4 heterocycles. The van der Waals surface area contributed by atoms with Gasteiger partial charge in [-0.1, -0.05) is 11.3 Å². The van der Waals surface area contributed by atoms with Gasteiger partial charge in [-0.3, -0.25) is 0 Å². The van der Waals surface area contributed by atoms with E-state index in [1.165, 1.54) is 22.7 Å². The quantitative estimate of drug-likeness (QED) is 0.785. The Morgan fingerprint density at radius 1 is 1.35 bits per heavy atom. The summed E-state index contributed by atoms with van der Waals surface area (Å²) in [6.07, 6.45) is 1.66. The molecular formula is C13H7NO4S2. The van der Waals surface area contributed by atoms with E-state index in [-0.39, 0.29) is 6.79 Å². The highest BCUT2D eigenvalue weighted by molar-refractivity contribution is 7.22. The van der Waals surface area contributed by atoms with Gasteiger partial charge < -0.3 is 14.6 Å². The van der Waals surface area contributed by atoms with Crippen LogP contribution >= 0.6 is 22.7 Å². The first-order chi connectivity index (χ1) is 9.74. The van der Waals surface area contributed by atoms with Crippen LogP contribution in [0.3, 0.4) is 0 Å². The summed E-state index contributed by atoms with van der Waals surface area (Å²) in [5.41, 5.74) is 0.692. The summed E-state index contributed by atoms with van der Waals surface area (Å²) in [6, 6.07) is 5.51. The monoisotopic (exact) mass is 305 g/mol. The standard InChI is InChI=1S/C13H7NO4S2/c15-12(16)10-9(6-2-1-3-14-11(6)20-10)8-4-7-13(19-8)18-5-17-7/h1-4H,5H2,(H,15,16). The number of carbonyl (C=O) groups is 1. The Balaban J connectivity index is 2.01. The molecule has 0 saturated heterocycles. The largest absolute Gasteiger partial charge is 0.477 e. The second kappa shape index (κ2) is 4.19. The van der Waals surface area contributed by atoms with Gasteiger partial charge in [0, 0.05) is 28.1 Å². The van der Waals surface area contributed by atoms with Gasteiger partial charge in [-0.25, -0.2) is 9.78 Å².